The molecule has 0 saturated carbocycles. The van der Waals surface area contributed by atoms with Crippen LogP contribution in [0.25, 0.3) is 10.8 Å². The van der Waals surface area contributed by atoms with E-state index in [9.17, 15) is 40.2 Å². The summed E-state index contributed by atoms with van der Waals surface area (Å²) in [6.07, 6.45) is -4.65. The molecular weight excluding hydrogens is 412 g/mol. The number of hydrogen-bond donors (Lipinski definition) is 6. The first-order valence-electron chi connectivity index (χ1n) is 8.96. The van der Waals surface area contributed by atoms with Crippen molar-refractivity contribution >= 4 is 16.7 Å². The van der Waals surface area contributed by atoms with Crippen molar-refractivity contribution in [2.75, 3.05) is 0 Å². The van der Waals surface area contributed by atoms with Gasteiger partial charge in [0.25, 0.3) is 0 Å². The fraction of sp³-hybridized carbons (Fsp3) is 0.143. The maximum atomic E-state index is 12.7. The van der Waals surface area contributed by atoms with Crippen LogP contribution in [-0.2, 0) is 4.74 Å². The number of aliphatic hydroxyl groups is 2. The van der Waals surface area contributed by atoms with Gasteiger partial charge >= 0.3 is 5.97 Å². The van der Waals surface area contributed by atoms with Gasteiger partial charge in [-0.25, -0.2) is 4.79 Å². The molecule has 1 aliphatic heterocycles. The van der Waals surface area contributed by atoms with Gasteiger partial charge in [-0.1, -0.05) is 18.2 Å². The van der Waals surface area contributed by atoms with Crippen LogP contribution in [0.4, 0.5) is 0 Å². The third-order valence-electron chi connectivity index (χ3n) is 4.90. The smallest absolute Gasteiger partial charge is 0.338 e. The molecule has 3 aromatic rings. The molecule has 1 heterocycles. The zero-order valence-corrected chi connectivity index (χ0v) is 15.6. The number of ether oxygens (including phenoxy) is 2. The van der Waals surface area contributed by atoms with Crippen molar-refractivity contribution in [2.24, 2.45) is 0 Å². The first-order valence-corrected chi connectivity index (χ1v) is 8.96. The van der Waals surface area contributed by atoms with Crippen molar-refractivity contribution in [3.63, 3.8) is 0 Å². The summed E-state index contributed by atoms with van der Waals surface area (Å²) in [4.78, 5) is 25.1. The second-order valence-electron chi connectivity index (χ2n) is 6.88. The maximum Gasteiger partial charge on any atom is 0.338 e. The number of phenols is 3. The van der Waals surface area contributed by atoms with Crippen LogP contribution < -0.4 is 10.2 Å². The predicted molar refractivity (Wildman–Crippen MR) is 104 cm³/mol. The second-order valence-corrected chi connectivity index (χ2v) is 6.88. The van der Waals surface area contributed by atoms with E-state index in [1.807, 2.05) is 0 Å². The van der Waals surface area contributed by atoms with Gasteiger partial charge in [-0.15, -0.1) is 0 Å². The molecule has 10 heteroatoms. The summed E-state index contributed by atoms with van der Waals surface area (Å²) in [7, 11) is 0. The van der Waals surface area contributed by atoms with Gasteiger partial charge < -0.3 is 40.1 Å². The lowest BCUT2D eigenvalue weighted by atomic mass is 10.00. The number of para-hydroxylation sites is 1. The monoisotopic (exact) mass is 428 g/mol. The Balaban J connectivity index is 1.76. The van der Waals surface area contributed by atoms with Gasteiger partial charge in [0.2, 0.25) is 17.5 Å². The molecule has 6 N–H and O–H groups in total. The standard InChI is InChI=1S/C21H16O10/c22-11-7-9(5-8-6-12(23)17(26)18(27)14(8)16(11)25)20(28)31-19-15(24)10-3-1-2-4-13(10)30-21(19)29/h1-7,15,19,21,23-24,26-27,29H,(H,22,25). The molecule has 4 rings (SSSR count). The molecule has 0 saturated heterocycles. The van der Waals surface area contributed by atoms with Crippen LogP contribution in [-0.4, -0.2) is 49.0 Å². The van der Waals surface area contributed by atoms with E-state index < -0.39 is 63.8 Å². The van der Waals surface area contributed by atoms with Gasteiger partial charge in [-0.3, -0.25) is 4.79 Å². The number of hydrogen-bond acceptors (Lipinski definition) is 10. The second kappa shape index (κ2) is 7.35. The first-order chi connectivity index (χ1) is 14.7. The van der Waals surface area contributed by atoms with E-state index in [1.54, 1.807) is 12.1 Å². The molecule has 0 aromatic heterocycles. The Morgan fingerprint density at radius 2 is 1.65 bits per heavy atom. The van der Waals surface area contributed by atoms with Crippen LogP contribution in [0.1, 0.15) is 22.0 Å². The molecule has 0 fully saturated rings. The van der Waals surface area contributed by atoms with E-state index in [4.69, 9.17) is 9.47 Å². The minimum absolute atomic E-state index is 0.184. The molecule has 3 aromatic carbocycles. The lowest BCUT2D eigenvalue weighted by Gasteiger charge is -2.33. The van der Waals surface area contributed by atoms with Crippen molar-refractivity contribution in [3.8, 4) is 28.7 Å². The minimum atomic E-state index is -1.70. The lowest BCUT2D eigenvalue weighted by Crippen LogP contribution is -2.43. The molecule has 1 aliphatic rings. The van der Waals surface area contributed by atoms with E-state index in [-0.39, 0.29) is 16.7 Å². The van der Waals surface area contributed by atoms with Gasteiger partial charge in [-0.05, 0) is 29.7 Å². The number of fused-ring (bicyclic) bond motifs is 2. The number of aromatic hydroxyl groups is 4. The van der Waals surface area contributed by atoms with Crippen molar-refractivity contribution in [3.05, 3.63) is 63.8 Å². The Bertz CT molecular complexity index is 1270. The molecule has 0 spiro atoms. The lowest BCUT2D eigenvalue weighted by molar-refractivity contribution is -0.161. The summed E-state index contributed by atoms with van der Waals surface area (Å²) in [5.74, 6) is -4.60. The third-order valence-corrected chi connectivity index (χ3v) is 4.90. The van der Waals surface area contributed by atoms with Gasteiger partial charge in [0.1, 0.15) is 11.9 Å². The normalized spacial score (nSPS) is 20.0. The number of carbonyl (C=O) groups is 1. The molecule has 0 radical (unpaired) electrons. The quantitative estimate of drug-likeness (QED) is 0.255. The maximum absolute atomic E-state index is 12.7. The van der Waals surface area contributed by atoms with Gasteiger partial charge in [0.15, 0.2) is 23.4 Å². The number of carbonyl (C=O) groups excluding carboxylic acids is 1. The highest BCUT2D eigenvalue weighted by Gasteiger charge is 2.39. The summed E-state index contributed by atoms with van der Waals surface area (Å²) >= 11 is 0. The number of phenolic OH excluding ortho intramolecular Hbond substituents is 3. The largest absolute Gasteiger partial charge is 0.504 e. The average Bonchev–Trinajstić information content (AvgIpc) is 2.85. The van der Waals surface area contributed by atoms with Gasteiger partial charge in [0, 0.05) is 5.56 Å². The summed E-state index contributed by atoms with van der Waals surface area (Å²) in [5, 5.41) is 59.3. The average molecular weight is 428 g/mol. The Hall–Kier alpha value is -4.02. The predicted octanol–water partition coefficient (Wildman–Crippen LogP) is 0.992. The SMILES string of the molecule is O=C(OC1C(O)Oc2ccccc2C1O)c1cc(O)c(=O)c2c(O)c(O)c(O)cc2c1. The van der Waals surface area contributed by atoms with E-state index in [0.717, 1.165) is 18.2 Å². The fourth-order valence-electron chi connectivity index (χ4n) is 3.36. The third kappa shape index (κ3) is 3.33. The van der Waals surface area contributed by atoms with Crippen LogP contribution >= 0.6 is 0 Å². The fourth-order valence-corrected chi connectivity index (χ4v) is 3.36. The Labute approximate surface area is 173 Å². The van der Waals surface area contributed by atoms with E-state index in [1.165, 1.54) is 12.1 Å². The Morgan fingerprint density at radius 3 is 2.39 bits per heavy atom. The molecule has 160 valence electrons. The van der Waals surface area contributed by atoms with Crippen LogP contribution in [0, 0.1) is 0 Å². The van der Waals surface area contributed by atoms with Crippen molar-refractivity contribution in [1.29, 1.82) is 0 Å². The van der Waals surface area contributed by atoms with Crippen molar-refractivity contribution < 1.29 is 44.9 Å². The summed E-state index contributed by atoms with van der Waals surface area (Å²) in [6.45, 7) is 0. The number of rotatable bonds is 2. The van der Waals surface area contributed by atoms with E-state index in [2.05, 4.69) is 0 Å². The minimum Gasteiger partial charge on any atom is -0.504 e. The zero-order chi connectivity index (χ0) is 22.4. The summed E-state index contributed by atoms with van der Waals surface area (Å²) in [5.41, 5.74) is -1.23. The van der Waals surface area contributed by atoms with E-state index in [0.29, 0.717) is 0 Å². The molecule has 10 nitrogen and oxygen atoms in total. The molecule has 0 aliphatic carbocycles. The highest BCUT2D eigenvalue weighted by Crippen LogP contribution is 2.40. The van der Waals surface area contributed by atoms with Crippen LogP contribution in [0.3, 0.4) is 0 Å². The number of benzene rings is 2. The molecule has 31 heavy (non-hydrogen) atoms. The van der Waals surface area contributed by atoms with E-state index >= 15 is 0 Å². The number of esters is 1. The highest BCUT2D eigenvalue weighted by molar-refractivity contribution is 5.98. The summed E-state index contributed by atoms with van der Waals surface area (Å²) < 4.78 is 10.4. The molecular formula is C21H16O10. The topological polar surface area (TPSA) is 174 Å². The molecule has 3 atom stereocenters. The Kier molecular flexibility index (Phi) is 4.80. The Morgan fingerprint density at radius 1 is 0.935 bits per heavy atom. The van der Waals surface area contributed by atoms with Crippen molar-refractivity contribution in [2.45, 2.75) is 18.5 Å². The van der Waals surface area contributed by atoms with Crippen LogP contribution in [0.2, 0.25) is 0 Å². The van der Waals surface area contributed by atoms with Gasteiger partial charge in [-0.2, -0.15) is 0 Å². The molecule has 3 unspecified atom stereocenters. The summed E-state index contributed by atoms with van der Waals surface area (Å²) in [6, 6.07) is 8.98. The van der Waals surface area contributed by atoms with Gasteiger partial charge in [0.05, 0.1) is 10.9 Å². The zero-order valence-electron chi connectivity index (χ0n) is 15.6. The molecule has 0 bridgehead atoms. The highest BCUT2D eigenvalue weighted by atomic mass is 16.7. The first kappa shape index (κ1) is 20.3. The van der Waals surface area contributed by atoms with Crippen molar-refractivity contribution in [1.82, 2.24) is 0 Å². The van der Waals surface area contributed by atoms with Crippen LogP contribution in [0.15, 0.2) is 47.3 Å². The number of aliphatic hydroxyl groups excluding tert-OH is 2. The molecule has 0 amide bonds. The van der Waals surface area contributed by atoms with Crippen LogP contribution in [0.5, 0.6) is 28.7 Å².